The number of nitrogens with one attached hydrogen (secondary N) is 1. The molecule has 0 saturated carbocycles. The number of hydrogen-bond donors (Lipinski definition) is 1. The number of aromatic nitrogens is 1. The third-order valence-electron chi connectivity index (χ3n) is 1.90. The molecule has 0 aliphatic rings. The largest absolute Gasteiger partial charge is 0.385 e. The van der Waals surface area contributed by atoms with Gasteiger partial charge in [0.2, 0.25) is 0 Å². The van der Waals surface area contributed by atoms with Crippen LogP contribution in [-0.4, -0.2) is 30.7 Å². The molecule has 1 amide bonds. The molecular weight excluding hydrogens is 180 g/mol. The molecule has 1 aromatic rings. The summed E-state index contributed by atoms with van der Waals surface area (Å²) in [6, 6.07) is 1.80. The lowest BCUT2D eigenvalue weighted by molar-refractivity contribution is 0.0948. The molecule has 1 N–H and O–H groups in total. The van der Waals surface area contributed by atoms with Crippen LogP contribution in [0.2, 0.25) is 0 Å². The normalized spacial score (nSPS) is 10.1. The number of nitrogens with zero attached hydrogens (tertiary/aromatic N) is 1. The van der Waals surface area contributed by atoms with Crippen molar-refractivity contribution in [2.45, 2.75) is 6.42 Å². The summed E-state index contributed by atoms with van der Waals surface area (Å²) in [5.41, 5.74) is 0.699. The summed E-state index contributed by atoms with van der Waals surface area (Å²) in [6.45, 7) is 1.33. The summed E-state index contributed by atoms with van der Waals surface area (Å²) in [5, 5.41) is 2.81. The van der Waals surface area contributed by atoms with E-state index in [2.05, 4.69) is 5.32 Å². The number of hydrogen-bond acceptors (Lipinski definition) is 2. The molecule has 0 aliphatic heterocycles. The average molecular weight is 196 g/mol. The lowest BCUT2D eigenvalue weighted by Crippen LogP contribution is -2.24. The van der Waals surface area contributed by atoms with Gasteiger partial charge in [0.15, 0.2) is 0 Å². The molecule has 0 spiro atoms. The molecule has 0 bridgehead atoms. The Labute approximate surface area is 83.9 Å². The van der Waals surface area contributed by atoms with Gasteiger partial charge in [-0.2, -0.15) is 0 Å². The van der Waals surface area contributed by atoms with Crippen molar-refractivity contribution < 1.29 is 9.53 Å². The predicted octanol–water partition coefficient (Wildman–Crippen LogP) is 0.791. The Balaban J connectivity index is 2.29. The maximum Gasteiger partial charge on any atom is 0.252 e. The first-order valence-electron chi connectivity index (χ1n) is 4.63. The number of aryl methyl sites for hydroxylation is 1. The number of ether oxygens (including phenoxy) is 1. The van der Waals surface area contributed by atoms with Gasteiger partial charge in [0.25, 0.3) is 5.91 Å². The van der Waals surface area contributed by atoms with Crippen molar-refractivity contribution in [3.8, 4) is 0 Å². The zero-order valence-electron chi connectivity index (χ0n) is 8.62. The Morgan fingerprint density at radius 3 is 3.00 bits per heavy atom. The quantitative estimate of drug-likeness (QED) is 0.708. The molecule has 0 aliphatic carbocycles. The summed E-state index contributed by atoms with van der Waals surface area (Å²) >= 11 is 0. The van der Waals surface area contributed by atoms with E-state index in [1.165, 1.54) is 0 Å². The highest BCUT2D eigenvalue weighted by Crippen LogP contribution is 1.98. The van der Waals surface area contributed by atoms with E-state index in [1.807, 2.05) is 17.8 Å². The zero-order chi connectivity index (χ0) is 10.4. The van der Waals surface area contributed by atoms with Crippen LogP contribution in [0, 0.1) is 0 Å². The number of carbonyl (C=O) groups is 1. The highest BCUT2D eigenvalue weighted by atomic mass is 16.5. The number of carbonyl (C=O) groups excluding carboxylic acids is 1. The topological polar surface area (TPSA) is 43.3 Å². The SMILES string of the molecule is COCCCNC(=O)c1ccn(C)c1. The van der Waals surface area contributed by atoms with Gasteiger partial charge in [0, 0.05) is 39.7 Å². The molecular formula is C10H16N2O2. The Morgan fingerprint density at radius 1 is 1.64 bits per heavy atom. The molecule has 78 valence electrons. The molecule has 1 rings (SSSR count). The third-order valence-corrected chi connectivity index (χ3v) is 1.90. The minimum Gasteiger partial charge on any atom is -0.385 e. The van der Waals surface area contributed by atoms with Gasteiger partial charge in [-0.1, -0.05) is 0 Å². The van der Waals surface area contributed by atoms with Crippen LogP contribution in [0.1, 0.15) is 16.8 Å². The maximum absolute atomic E-state index is 11.5. The van der Waals surface area contributed by atoms with Crippen LogP contribution in [0.15, 0.2) is 18.5 Å². The minimum absolute atomic E-state index is 0.0262. The van der Waals surface area contributed by atoms with E-state index >= 15 is 0 Å². The van der Waals surface area contributed by atoms with Crippen molar-refractivity contribution in [2.75, 3.05) is 20.3 Å². The van der Waals surface area contributed by atoms with Gasteiger partial charge in [0.05, 0.1) is 5.56 Å². The first-order chi connectivity index (χ1) is 6.74. The predicted molar refractivity (Wildman–Crippen MR) is 54.2 cm³/mol. The second-order valence-corrected chi connectivity index (χ2v) is 3.17. The van der Waals surface area contributed by atoms with Crippen molar-refractivity contribution in [3.63, 3.8) is 0 Å². The number of methoxy groups -OCH3 is 1. The highest BCUT2D eigenvalue weighted by molar-refractivity contribution is 5.93. The first kappa shape index (κ1) is 10.8. The lowest BCUT2D eigenvalue weighted by Gasteiger charge is -2.02. The Bertz CT molecular complexity index is 294. The molecule has 0 aromatic carbocycles. The summed E-state index contributed by atoms with van der Waals surface area (Å²) in [4.78, 5) is 11.5. The fourth-order valence-corrected chi connectivity index (χ4v) is 1.16. The smallest absolute Gasteiger partial charge is 0.252 e. The van der Waals surface area contributed by atoms with Crippen LogP contribution in [0.4, 0.5) is 0 Å². The zero-order valence-corrected chi connectivity index (χ0v) is 8.62. The van der Waals surface area contributed by atoms with Crippen molar-refractivity contribution in [1.82, 2.24) is 9.88 Å². The van der Waals surface area contributed by atoms with Crippen LogP contribution >= 0.6 is 0 Å². The van der Waals surface area contributed by atoms with Gasteiger partial charge >= 0.3 is 0 Å². The fraction of sp³-hybridized carbons (Fsp3) is 0.500. The van der Waals surface area contributed by atoms with Crippen LogP contribution in [0.25, 0.3) is 0 Å². The first-order valence-corrected chi connectivity index (χ1v) is 4.63. The average Bonchev–Trinajstić information content (AvgIpc) is 2.59. The summed E-state index contributed by atoms with van der Waals surface area (Å²) in [7, 11) is 3.54. The molecule has 1 aromatic heterocycles. The lowest BCUT2D eigenvalue weighted by atomic mass is 10.3. The number of rotatable bonds is 5. The van der Waals surface area contributed by atoms with E-state index in [-0.39, 0.29) is 5.91 Å². The second-order valence-electron chi connectivity index (χ2n) is 3.17. The van der Waals surface area contributed by atoms with E-state index < -0.39 is 0 Å². The van der Waals surface area contributed by atoms with Crippen molar-refractivity contribution in [3.05, 3.63) is 24.0 Å². The molecule has 4 heteroatoms. The van der Waals surface area contributed by atoms with Crippen molar-refractivity contribution >= 4 is 5.91 Å². The van der Waals surface area contributed by atoms with E-state index in [1.54, 1.807) is 19.4 Å². The Kier molecular flexibility index (Phi) is 4.19. The van der Waals surface area contributed by atoms with E-state index in [0.717, 1.165) is 6.42 Å². The Hall–Kier alpha value is -1.29. The molecule has 0 fully saturated rings. The van der Waals surface area contributed by atoms with Gasteiger partial charge in [-0.25, -0.2) is 0 Å². The van der Waals surface area contributed by atoms with Gasteiger partial charge in [-0.3, -0.25) is 4.79 Å². The minimum atomic E-state index is -0.0262. The Morgan fingerprint density at radius 2 is 2.43 bits per heavy atom. The van der Waals surface area contributed by atoms with Crippen LogP contribution in [0.5, 0.6) is 0 Å². The summed E-state index contributed by atoms with van der Waals surface area (Å²) < 4.78 is 6.73. The van der Waals surface area contributed by atoms with Gasteiger partial charge < -0.3 is 14.6 Å². The monoisotopic (exact) mass is 196 g/mol. The fourth-order valence-electron chi connectivity index (χ4n) is 1.16. The standard InChI is InChI=1S/C10H16N2O2/c1-12-6-4-9(8-12)10(13)11-5-3-7-14-2/h4,6,8H,3,5,7H2,1-2H3,(H,11,13). The maximum atomic E-state index is 11.5. The molecule has 1 heterocycles. The van der Waals surface area contributed by atoms with E-state index in [4.69, 9.17) is 4.74 Å². The van der Waals surface area contributed by atoms with Crippen molar-refractivity contribution in [2.24, 2.45) is 7.05 Å². The third kappa shape index (κ3) is 3.22. The van der Waals surface area contributed by atoms with E-state index in [0.29, 0.717) is 18.7 Å². The molecule has 0 unspecified atom stereocenters. The van der Waals surface area contributed by atoms with Crippen LogP contribution < -0.4 is 5.32 Å². The van der Waals surface area contributed by atoms with Crippen LogP contribution in [0.3, 0.4) is 0 Å². The van der Waals surface area contributed by atoms with Gasteiger partial charge in [0.1, 0.15) is 0 Å². The number of amides is 1. The molecule has 0 saturated heterocycles. The highest BCUT2D eigenvalue weighted by Gasteiger charge is 2.04. The van der Waals surface area contributed by atoms with Gasteiger partial charge in [-0.15, -0.1) is 0 Å². The molecule has 0 atom stereocenters. The molecule has 14 heavy (non-hydrogen) atoms. The summed E-state index contributed by atoms with van der Waals surface area (Å²) in [5.74, 6) is -0.0262. The van der Waals surface area contributed by atoms with Crippen LogP contribution in [-0.2, 0) is 11.8 Å². The van der Waals surface area contributed by atoms with Crippen molar-refractivity contribution in [1.29, 1.82) is 0 Å². The summed E-state index contributed by atoms with van der Waals surface area (Å²) in [6.07, 6.45) is 4.49. The van der Waals surface area contributed by atoms with Gasteiger partial charge in [-0.05, 0) is 12.5 Å². The van der Waals surface area contributed by atoms with E-state index in [9.17, 15) is 4.79 Å². The second kappa shape index (κ2) is 5.44. The molecule has 4 nitrogen and oxygen atoms in total. The molecule has 0 radical (unpaired) electrons.